The number of benzene rings is 2. The number of hydrogen-bond acceptors (Lipinski definition) is 5. The first-order valence-corrected chi connectivity index (χ1v) is 10.3. The molecule has 2 N–H and O–H groups in total. The number of pyridine rings is 1. The monoisotopic (exact) mass is 433 g/mol. The van der Waals surface area contributed by atoms with Gasteiger partial charge in [0.15, 0.2) is 0 Å². The molecule has 0 aliphatic carbocycles. The number of aromatic nitrogens is 1. The van der Waals surface area contributed by atoms with E-state index in [4.69, 9.17) is 9.47 Å². The minimum atomic E-state index is -0.430. The molecule has 0 aliphatic rings. The number of amides is 2. The molecular formula is C25H27N3O4. The molecule has 7 nitrogen and oxygen atoms in total. The fourth-order valence-corrected chi connectivity index (χ4v) is 3.16. The molecule has 1 aromatic heterocycles. The predicted molar refractivity (Wildman–Crippen MR) is 121 cm³/mol. The second-order valence-electron chi connectivity index (χ2n) is 7.28. The highest BCUT2D eigenvalue weighted by Gasteiger charge is 2.17. The molecule has 0 aliphatic heterocycles. The number of carbonyl (C=O) groups excluding carboxylic acids is 2. The summed E-state index contributed by atoms with van der Waals surface area (Å²) in [6.07, 6.45) is 1.77. The van der Waals surface area contributed by atoms with Gasteiger partial charge in [0, 0.05) is 25.7 Å². The maximum atomic E-state index is 12.6. The summed E-state index contributed by atoms with van der Waals surface area (Å²) in [5.74, 6) is 0.828. The lowest BCUT2D eigenvalue weighted by Crippen LogP contribution is -2.32. The van der Waals surface area contributed by atoms with Crippen molar-refractivity contribution in [2.24, 2.45) is 0 Å². The van der Waals surface area contributed by atoms with Crippen molar-refractivity contribution in [3.63, 3.8) is 0 Å². The molecule has 0 fully saturated rings. The Hall–Kier alpha value is -3.87. The standard InChI is InChI=1S/C25H27N3O4/c1-18(29)28-23(21-8-10-22(31-2)11-9-21)15-24(30)27-16-20-12-13-26-25(14-20)32-17-19-6-4-3-5-7-19/h3-14,23H,15-17H2,1-2H3,(H,27,30)(H,28,29). The summed E-state index contributed by atoms with van der Waals surface area (Å²) in [5.41, 5.74) is 2.75. The van der Waals surface area contributed by atoms with E-state index in [0.717, 1.165) is 16.7 Å². The quantitative estimate of drug-likeness (QED) is 0.510. The van der Waals surface area contributed by atoms with Crippen molar-refractivity contribution in [2.45, 2.75) is 32.5 Å². The average molecular weight is 434 g/mol. The molecule has 1 unspecified atom stereocenters. The predicted octanol–water partition coefficient (Wildman–Crippen LogP) is 3.55. The molecule has 0 saturated heterocycles. The highest BCUT2D eigenvalue weighted by atomic mass is 16.5. The zero-order valence-electron chi connectivity index (χ0n) is 18.2. The number of ether oxygens (including phenoxy) is 2. The lowest BCUT2D eigenvalue weighted by atomic mass is 10.0. The highest BCUT2D eigenvalue weighted by Crippen LogP contribution is 2.20. The molecular weight excluding hydrogens is 406 g/mol. The van der Waals surface area contributed by atoms with Gasteiger partial charge in [-0.05, 0) is 34.9 Å². The van der Waals surface area contributed by atoms with Crippen LogP contribution in [0.25, 0.3) is 0 Å². The van der Waals surface area contributed by atoms with E-state index in [2.05, 4.69) is 15.6 Å². The normalized spacial score (nSPS) is 11.3. The van der Waals surface area contributed by atoms with Crippen molar-refractivity contribution in [3.8, 4) is 11.6 Å². The Morgan fingerprint density at radius 2 is 1.75 bits per heavy atom. The van der Waals surface area contributed by atoms with Gasteiger partial charge in [-0.25, -0.2) is 4.98 Å². The molecule has 0 spiro atoms. The highest BCUT2D eigenvalue weighted by molar-refractivity contribution is 5.79. The molecule has 0 radical (unpaired) electrons. The van der Waals surface area contributed by atoms with Gasteiger partial charge in [0.25, 0.3) is 0 Å². The molecule has 1 atom stereocenters. The number of carbonyl (C=O) groups is 2. The van der Waals surface area contributed by atoms with E-state index >= 15 is 0 Å². The largest absolute Gasteiger partial charge is 0.497 e. The minimum Gasteiger partial charge on any atom is -0.497 e. The summed E-state index contributed by atoms with van der Waals surface area (Å²) >= 11 is 0. The Morgan fingerprint density at radius 1 is 1.00 bits per heavy atom. The van der Waals surface area contributed by atoms with Gasteiger partial charge in [0.2, 0.25) is 17.7 Å². The van der Waals surface area contributed by atoms with E-state index in [9.17, 15) is 9.59 Å². The first-order chi connectivity index (χ1) is 15.5. The summed E-state index contributed by atoms with van der Waals surface area (Å²) in [7, 11) is 1.59. The number of nitrogens with zero attached hydrogens (tertiary/aromatic N) is 1. The maximum Gasteiger partial charge on any atom is 0.222 e. The third-order valence-corrected chi connectivity index (χ3v) is 4.80. The van der Waals surface area contributed by atoms with Crippen molar-refractivity contribution in [1.82, 2.24) is 15.6 Å². The zero-order valence-corrected chi connectivity index (χ0v) is 18.2. The third-order valence-electron chi connectivity index (χ3n) is 4.80. The minimum absolute atomic E-state index is 0.119. The van der Waals surface area contributed by atoms with E-state index < -0.39 is 6.04 Å². The van der Waals surface area contributed by atoms with Crippen molar-refractivity contribution < 1.29 is 19.1 Å². The van der Waals surface area contributed by atoms with Gasteiger partial charge in [0.1, 0.15) is 12.4 Å². The van der Waals surface area contributed by atoms with Crippen LogP contribution >= 0.6 is 0 Å². The van der Waals surface area contributed by atoms with Crippen LogP contribution in [-0.2, 0) is 22.7 Å². The molecule has 7 heteroatoms. The molecule has 0 saturated carbocycles. The van der Waals surface area contributed by atoms with Crippen LogP contribution < -0.4 is 20.1 Å². The summed E-state index contributed by atoms with van der Waals surface area (Å²) in [6.45, 7) is 2.19. The van der Waals surface area contributed by atoms with Gasteiger partial charge in [-0.2, -0.15) is 0 Å². The average Bonchev–Trinajstić information content (AvgIpc) is 2.82. The maximum absolute atomic E-state index is 12.6. The van der Waals surface area contributed by atoms with Gasteiger partial charge in [-0.1, -0.05) is 42.5 Å². The van der Waals surface area contributed by atoms with Crippen molar-refractivity contribution in [3.05, 3.63) is 89.6 Å². The molecule has 166 valence electrons. The topological polar surface area (TPSA) is 89.6 Å². The fraction of sp³-hybridized carbons (Fsp3) is 0.240. The molecule has 3 rings (SSSR count). The van der Waals surface area contributed by atoms with Crippen molar-refractivity contribution in [1.29, 1.82) is 0 Å². The summed E-state index contributed by atoms with van der Waals surface area (Å²) in [6, 6.07) is 20.3. The number of rotatable bonds is 10. The van der Waals surface area contributed by atoms with E-state index in [1.165, 1.54) is 6.92 Å². The summed E-state index contributed by atoms with van der Waals surface area (Å²) in [5, 5.41) is 5.73. The molecule has 3 aromatic rings. The van der Waals surface area contributed by atoms with E-state index in [0.29, 0.717) is 24.8 Å². The van der Waals surface area contributed by atoms with Gasteiger partial charge >= 0.3 is 0 Å². The summed E-state index contributed by atoms with van der Waals surface area (Å²) in [4.78, 5) is 28.4. The van der Waals surface area contributed by atoms with E-state index in [1.54, 1.807) is 31.5 Å². The van der Waals surface area contributed by atoms with Crippen LogP contribution in [0.2, 0.25) is 0 Å². The third kappa shape index (κ3) is 7.12. The van der Waals surface area contributed by atoms with Crippen LogP contribution in [0, 0.1) is 0 Å². The van der Waals surface area contributed by atoms with Crippen LogP contribution in [0.4, 0.5) is 0 Å². The molecule has 2 amide bonds. The summed E-state index contributed by atoms with van der Waals surface area (Å²) < 4.78 is 10.9. The second-order valence-corrected chi connectivity index (χ2v) is 7.28. The van der Waals surface area contributed by atoms with Crippen molar-refractivity contribution in [2.75, 3.05) is 7.11 Å². The Morgan fingerprint density at radius 3 is 2.44 bits per heavy atom. The van der Waals surface area contributed by atoms with Crippen molar-refractivity contribution >= 4 is 11.8 Å². The second kappa shape index (κ2) is 11.5. The van der Waals surface area contributed by atoms with Crippen LogP contribution in [0.3, 0.4) is 0 Å². The van der Waals surface area contributed by atoms with Gasteiger partial charge < -0.3 is 20.1 Å². The van der Waals surface area contributed by atoms with Crippen LogP contribution in [0.5, 0.6) is 11.6 Å². The van der Waals surface area contributed by atoms with Gasteiger partial charge in [-0.3, -0.25) is 9.59 Å². The Balaban J connectivity index is 1.55. The lowest BCUT2D eigenvalue weighted by molar-refractivity contribution is -0.122. The SMILES string of the molecule is COc1ccc(C(CC(=O)NCc2ccnc(OCc3ccccc3)c2)NC(C)=O)cc1. The van der Waals surface area contributed by atoms with Gasteiger partial charge in [-0.15, -0.1) is 0 Å². The van der Waals surface area contributed by atoms with E-state index in [1.807, 2.05) is 48.5 Å². The van der Waals surface area contributed by atoms with Crippen LogP contribution in [0.15, 0.2) is 72.9 Å². The van der Waals surface area contributed by atoms with E-state index in [-0.39, 0.29) is 18.2 Å². The number of hydrogen-bond donors (Lipinski definition) is 2. The molecule has 2 aromatic carbocycles. The van der Waals surface area contributed by atoms with Crippen LogP contribution in [0.1, 0.15) is 36.1 Å². The smallest absolute Gasteiger partial charge is 0.222 e. The Kier molecular flexibility index (Phi) is 8.20. The molecule has 32 heavy (non-hydrogen) atoms. The Bertz CT molecular complexity index is 1020. The number of nitrogens with one attached hydrogen (secondary N) is 2. The van der Waals surface area contributed by atoms with Gasteiger partial charge in [0.05, 0.1) is 19.6 Å². The Labute approximate surface area is 187 Å². The zero-order chi connectivity index (χ0) is 22.8. The fourth-order valence-electron chi connectivity index (χ4n) is 3.16. The first-order valence-electron chi connectivity index (χ1n) is 10.3. The first kappa shape index (κ1) is 22.8. The molecule has 0 bridgehead atoms. The number of methoxy groups -OCH3 is 1. The molecule has 1 heterocycles. The van der Waals surface area contributed by atoms with Crippen LogP contribution in [-0.4, -0.2) is 23.9 Å². The lowest BCUT2D eigenvalue weighted by Gasteiger charge is -2.18.